The number of ether oxygens (including phenoxy) is 3. The lowest BCUT2D eigenvalue weighted by atomic mass is 9.95. The van der Waals surface area contributed by atoms with E-state index in [1.807, 2.05) is 36.7 Å². The molecule has 2 heterocycles. The third-order valence-electron chi connectivity index (χ3n) is 6.61. The van der Waals surface area contributed by atoms with Gasteiger partial charge >= 0.3 is 0 Å². The quantitative estimate of drug-likeness (QED) is 0.309. The Morgan fingerprint density at radius 1 is 0.917 bits per heavy atom. The van der Waals surface area contributed by atoms with Crippen LogP contribution in [-0.2, 0) is 6.54 Å². The SMILES string of the molecule is COc1cc(Nc2nc(NCc3ccccc3)c3ncn(C4CCCCC4)c3n2)cc(OC)c1OC. The molecule has 1 saturated carbocycles. The smallest absolute Gasteiger partial charge is 0.231 e. The number of nitrogens with one attached hydrogen (secondary N) is 2. The Balaban J connectivity index is 1.53. The van der Waals surface area contributed by atoms with Gasteiger partial charge in [-0.15, -0.1) is 0 Å². The van der Waals surface area contributed by atoms with Crippen molar-refractivity contribution in [2.75, 3.05) is 32.0 Å². The maximum absolute atomic E-state index is 5.51. The van der Waals surface area contributed by atoms with Crippen molar-refractivity contribution >= 4 is 28.6 Å². The molecular formula is C27H32N6O3. The van der Waals surface area contributed by atoms with Gasteiger partial charge in [0.2, 0.25) is 11.7 Å². The third-order valence-corrected chi connectivity index (χ3v) is 6.61. The fraction of sp³-hybridized carbons (Fsp3) is 0.370. The molecule has 1 fully saturated rings. The average Bonchev–Trinajstić information content (AvgIpc) is 3.36. The maximum Gasteiger partial charge on any atom is 0.231 e. The van der Waals surface area contributed by atoms with Crippen molar-refractivity contribution in [3.8, 4) is 17.2 Å². The van der Waals surface area contributed by atoms with Gasteiger partial charge in [0.25, 0.3) is 0 Å². The predicted molar refractivity (Wildman–Crippen MR) is 141 cm³/mol. The molecule has 0 unspecified atom stereocenters. The molecule has 2 aromatic heterocycles. The van der Waals surface area contributed by atoms with Crippen LogP contribution in [0, 0.1) is 0 Å². The molecule has 188 valence electrons. The van der Waals surface area contributed by atoms with Crippen LogP contribution in [0.3, 0.4) is 0 Å². The van der Waals surface area contributed by atoms with E-state index in [4.69, 9.17) is 29.2 Å². The van der Waals surface area contributed by atoms with Crippen LogP contribution in [0.25, 0.3) is 11.2 Å². The van der Waals surface area contributed by atoms with Crippen LogP contribution in [0.5, 0.6) is 17.2 Å². The summed E-state index contributed by atoms with van der Waals surface area (Å²) in [6.07, 6.45) is 7.92. The standard InChI is InChI=1S/C27H32N6O3/c1-34-21-14-19(15-22(35-2)24(21)36-3)30-27-31-25(28-16-18-10-6-4-7-11-18)23-26(32-27)33(17-29-23)20-12-8-5-9-13-20/h4,6-7,10-11,14-15,17,20H,5,8-9,12-13,16H2,1-3H3,(H2,28,30,31,32). The number of aromatic nitrogens is 4. The van der Waals surface area contributed by atoms with Crippen molar-refractivity contribution in [3.05, 3.63) is 54.4 Å². The van der Waals surface area contributed by atoms with Crippen LogP contribution in [-0.4, -0.2) is 40.8 Å². The third kappa shape index (κ3) is 4.86. The van der Waals surface area contributed by atoms with Crippen LogP contribution in [0.4, 0.5) is 17.5 Å². The first-order valence-corrected chi connectivity index (χ1v) is 12.3. The highest BCUT2D eigenvalue weighted by Crippen LogP contribution is 2.40. The summed E-state index contributed by atoms with van der Waals surface area (Å²) < 4.78 is 18.7. The fourth-order valence-electron chi connectivity index (χ4n) is 4.79. The summed E-state index contributed by atoms with van der Waals surface area (Å²) >= 11 is 0. The highest BCUT2D eigenvalue weighted by molar-refractivity contribution is 5.85. The highest BCUT2D eigenvalue weighted by atomic mass is 16.5. The second-order valence-electron chi connectivity index (χ2n) is 8.89. The normalized spacial score (nSPS) is 14.0. The van der Waals surface area contributed by atoms with Gasteiger partial charge in [0.1, 0.15) is 0 Å². The van der Waals surface area contributed by atoms with E-state index in [2.05, 4.69) is 27.3 Å². The van der Waals surface area contributed by atoms with Gasteiger partial charge in [0.05, 0.1) is 27.7 Å². The molecule has 9 nitrogen and oxygen atoms in total. The zero-order valence-electron chi connectivity index (χ0n) is 21.0. The van der Waals surface area contributed by atoms with Gasteiger partial charge in [-0.25, -0.2) is 4.98 Å². The van der Waals surface area contributed by atoms with Crippen LogP contribution in [0.2, 0.25) is 0 Å². The van der Waals surface area contributed by atoms with Crippen molar-refractivity contribution < 1.29 is 14.2 Å². The van der Waals surface area contributed by atoms with E-state index in [1.165, 1.54) is 19.3 Å². The molecule has 5 rings (SSSR count). The molecule has 0 atom stereocenters. The average molecular weight is 489 g/mol. The lowest BCUT2D eigenvalue weighted by Crippen LogP contribution is -2.13. The Bertz CT molecular complexity index is 1290. The Morgan fingerprint density at radius 3 is 2.31 bits per heavy atom. The molecule has 4 aromatic rings. The summed E-state index contributed by atoms with van der Waals surface area (Å²) in [7, 11) is 4.78. The Morgan fingerprint density at radius 2 is 1.64 bits per heavy atom. The second kappa shape index (κ2) is 10.7. The van der Waals surface area contributed by atoms with Crippen LogP contribution < -0.4 is 24.8 Å². The minimum atomic E-state index is 0.398. The largest absolute Gasteiger partial charge is 0.493 e. The van der Waals surface area contributed by atoms with E-state index in [-0.39, 0.29) is 0 Å². The first kappa shape index (κ1) is 23.7. The molecule has 0 spiro atoms. The van der Waals surface area contributed by atoms with E-state index < -0.39 is 0 Å². The molecule has 2 aromatic carbocycles. The fourth-order valence-corrected chi connectivity index (χ4v) is 4.79. The number of rotatable bonds is 9. The Hall–Kier alpha value is -4.01. The van der Waals surface area contributed by atoms with Crippen molar-refractivity contribution in [2.24, 2.45) is 0 Å². The van der Waals surface area contributed by atoms with Gasteiger partial charge < -0.3 is 29.4 Å². The van der Waals surface area contributed by atoms with Crippen LogP contribution >= 0.6 is 0 Å². The van der Waals surface area contributed by atoms with Gasteiger partial charge in [0, 0.05) is 30.4 Å². The Kier molecular flexibility index (Phi) is 7.06. The molecule has 1 aliphatic carbocycles. The summed E-state index contributed by atoms with van der Waals surface area (Å²) in [4.78, 5) is 14.4. The lowest BCUT2D eigenvalue weighted by molar-refractivity contribution is 0.324. The second-order valence-corrected chi connectivity index (χ2v) is 8.89. The van der Waals surface area contributed by atoms with E-state index in [0.717, 1.165) is 35.3 Å². The molecular weight excluding hydrogens is 456 g/mol. The van der Waals surface area contributed by atoms with Gasteiger partial charge in [-0.05, 0) is 18.4 Å². The number of benzene rings is 2. The highest BCUT2D eigenvalue weighted by Gasteiger charge is 2.21. The first-order chi connectivity index (χ1) is 17.7. The van der Waals surface area contributed by atoms with E-state index in [9.17, 15) is 0 Å². The number of fused-ring (bicyclic) bond motifs is 1. The molecule has 9 heteroatoms. The Labute approximate surface area is 210 Å². The summed E-state index contributed by atoms with van der Waals surface area (Å²) in [6, 6.07) is 14.3. The molecule has 0 saturated heterocycles. The molecule has 0 amide bonds. The topological polar surface area (TPSA) is 95.4 Å². The van der Waals surface area contributed by atoms with Crippen LogP contribution in [0.1, 0.15) is 43.7 Å². The lowest BCUT2D eigenvalue weighted by Gasteiger charge is -2.23. The molecule has 36 heavy (non-hydrogen) atoms. The zero-order valence-corrected chi connectivity index (χ0v) is 21.0. The van der Waals surface area contributed by atoms with Crippen molar-refractivity contribution in [1.82, 2.24) is 19.5 Å². The molecule has 1 aliphatic rings. The van der Waals surface area contributed by atoms with Gasteiger partial charge in [-0.3, -0.25) is 0 Å². The predicted octanol–water partition coefficient (Wildman–Crippen LogP) is 5.71. The number of anilines is 3. The van der Waals surface area contributed by atoms with Gasteiger partial charge in [-0.2, -0.15) is 9.97 Å². The molecule has 2 N–H and O–H groups in total. The summed E-state index contributed by atoms with van der Waals surface area (Å²) in [5.74, 6) is 2.78. The minimum absolute atomic E-state index is 0.398. The van der Waals surface area contributed by atoms with E-state index in [1.54, 1.807) is 21.3 Å². The van der Waals surface area contributed by atoms with Crippen LogP contribution in [0.15, 0.2) is 48.8 Å². The first-order valence-electron chi connectivity index (χ1n) is 12.3. The molecule has 0 bridgehead atoms. The molecule has 0 aliphatic heterocycles. The number of hydrogen-bond acceptors (Lipinski definition) is 8. The van der Waals surface area contributed by atoms with Gasteiger partial charge in [0.15, 0.2) is 28.5 Å². The van der Waals surface area contributed by atoms with Crippen molar-refractivity contribution in [3.63, 3.8) is 0 Å². The summed E-state index contributed by atoms with van der Waals surface area (Å²) in [6.45, 7) is 0.632. The maximum atomic E-state index is 5.51. The molecule has 0 radical (unpaired) electrons. The number of imidazole rings is 1. The zero-order chi connectivity index (χ0) is 24.9. The number of methoxy groups -OCH3 is 3. The van der Waals surface area contributed by atoms with Crippen molar-refractivity contribution in [2.45, 2.75) is 44.7 Å². The number of hydrogen-bond donors (Lipinski definition) is 2. The van der Waals surface area contributed by atoms with Crippen molar-refractivity contribution in [1.29, 1.82) is 0 Å². The minimum Gasteiger partial charge on any atom is -0.493 e. The van der Waals surface area contributed by atoms with Gasteiger partial charge in [-0.1, -0.05) is 49.6 Å². The monoisotopic (exact) mass is 488 g/mol. The van der Waals surface area contributed by atoms with E-state index >= 15 is 0 Å². The van der Waals surface area contributed by atoms with E-state index in [0.29, 0.717) is 41.6 Å². The summed E-state index contributed by atoms with van der Waals surface area (Å²) in [5, 5.41) is 6.81. The number of nitrogens with zero attached hydrogens (tertiary/aromatic N) is 4. The summed E-state index contributed by atoms with van der Waals surface area (Å²) in [5.41, 5.74) is 3.48.